The standard InChI is InChI=1S/C10H14BrNO/c1-7(2)4-9(12-3)8-5-10(11)13-6-8/h4-6,9,12H,1-3H3. The van der Waals surface area contributed by atoms with Crippen LogP contribution in [0.15, 0.2) is 33.1 Å². The van der Waals surface area contributed by atoms with E-state index in [2.05, 4.69) is 41.2 Å². The van der Waals surface area contributed by atoms with Gasteiger partial charge in [-0.15, -0.1) is 0 Å². The lowest BCUT2D eigenvalue weighted by Crippen LogP contribution is -2.13. The van der Waals surface area contributed by atoms with Crippen LogP contribution in [0.2, 0.25) is 0 Å². The number of nitrogens with one attached hydrogen (secondary N) is 1. The van der Waals surface area contributed by atoms with E-state index in [1.165, 1.54) is 5.57 Å². The molecule has 0 aromatic carbocycles. The Morgan fingerprint density at radius 3 is 2.69 bits per heavy atom. The molecule has 1 aromatic rings. The highest BCUT2D eigenvalue weighted by molar-refractivity contribution is 9.10. The maximum atomic E-state index is 5.18. The second-order valence-corrected chi connectivity index (χ2v) is 3.98. The lowest BCUT2D eigenvalue weighted by molar-refractivity contribution is 0.535. The van der Waals surface area contributed by atoms with E-state index in [1.54, 1.807) is 6.26 Å². The maximum absolute atomic E-state index is 5.18. The smallest absolute Gasteiger partial charge is 0.169 e. The molecule has 0 bridgehead atoms. The van der Waals surface area contributed by atoms with Gasteiger partial charge in [-0.3, -0.25) is 0 Å². The first-order valence-corrected chi connectivity index (χ1v) is 4.99. The highest BCUT2D eigenvalue weighted by Gasteiger charge is 2.08. The van der Waals surface area contributed by atoms with Crippen molar-refractivity contribution in [2.45, 2.75) is 19.9 Å². The lowest BCUT2D eigenvalue weighted by Gasteiger charge is -2.09. The van der Waals surface area contributed by atoms with Crippen LogP contribution in [0.1, 0.15) is 25.5 Å². The summed E-state index contributed by atoms with van der Waals surface area (Å²) in [5.74, 6) is 0. The number of hydrogen-bond donors (Lipinski definition) is 1. The normalized spacial score (nSPS) is 12.6. The van der Waals surface area contributed by atoms with E-state index in [0.717, 1.165) is 10.2 Å². The van der Waals surface area contributed by atoms with Crippen molar-refractivity contribution < 1.29 is 4.42 Å². The van der Waals surface area contributed by atoms with Gasteiger partial charge in [0.2, 0.25) is 0 Å². The van der Waals surface area contributed by atoms with Crippen molar-refractivity contribution in [2.75, 3.05) is 7.05 Å². The second kappa shape index (κ2) is 4.63. The highest BCUT2D eigenvalue weighted by atomic mass is 79.9. The molecule has 0 saturated heterocycles. The molecule has 0 aliphatic heterocycles. The van der Waals surface area contributed by atoms with Gasteiger partial charge in [-0.2, -0.15) is 0 Å². The van der Waals surface area contributed by atoms with Crippen molar-refractivity contribution in [3.63, 3.8) is 0 Å². The Kier molecular flexibility index (Phi) is 3.75. The van der Waals surface area contributed by atoms with Crippen LogP contribution in [0.25, 0.3) is 0 Å². The third kappa shape index (κ3) is 3.01. The Morgan fingerprint density at radius 2 is 2.31 bits per heavy atom. The van der Waals surface area contributed by atoms with Crippen LogP contribution < -0.4 is 5.32 Å². The number of rotatable bonds is 3. The fourth-order valence-electron chi connectivity index (χ4n) is 1.17. The van der Waals surface area contributed by atoms with E-state index in [-0.39, 0.29) is 6.04 Å². The Bertz CT molecular complexity index is 300. The zero-order chi connectivity index (χ0) is 9.84. The average Bonchev–Trinajstić information content (AvgIpc) is 2.47. The molecule has 0 aliphatic carbocycles. The molecular formula is C10H14BrNO. The third-order valence-corrected chi connectivity index (χ3v) is 2.17. The first-order chi connectivity index (χ1) is 6.13. The van der Waals surface area contributed by atoms with Gasteiger partial charge in [-0.1, -0.05) is 11.6 Å². The third-order valence-electron chi connectivity index (χ3n) is 1.76. The van der Waals surface area contributed by atoms with Gasteiger partial charge in [0.15, 0.2) is 4.67 Å². The summed E-state index contributed by atoms with van der Waals surface area (Å²) in [6.07, 6.45) is 3.92. The molecule has 0 radical (unpaired) electrons. The number of allylic oxidation sites excluding steroid dienone is 1. The summed E-state index contributed by atoms with van der Waals surface area (Å²) in [7, 11) is 1.94. The minimum atomic E-state index is 0.236. The van der Waals surface area contributed by atoms with Gasteiger partial charge in [0.25, 0.3) is 0 Å². The Hall–Kier alpha value is -0.540. The molecule has 0 aliphatic rings. The topological polar surface area (TPSA) is 25.2 Å². The lowest BCUT2D eigenvalue weighted by atomic mass is 10.1. The molecule has 1 rings (SSSR count). The van der Waals surface area contributed by atoms with Gasteiger partial charge in [0.1, 0.15) is 0 Å². The SMILES string of the molecule is CNC(C=C(C)C)c1coc(Br)c1. The molecular weight excluding hydrogens is 230 g/mol. The van der Waals surface area contributed by atoms with Crippen LogP contribution in [-0.2, 0) is 0 Å². The summed E-state index contributed by atoms with van der Waals surface area (Å²) in [5, 5.41) is 3.21. The summed E-state index contributed by atoms with van der Waals surface area (Å²) in [6, 6.07) is 2.21. The van der Waals surface area contributed by atoms with E-state index in [1.807, 2.05) is 13.1 Å². The number of halogens is 1. The van der Waals surface area contributed by atoms with Crippen molar-refractivity contribution >= 4 is 15.9 Å². The number of hydrogen-bond acceptors (Lipinski definition) is 2. The first kappa shape index (κ1) is 10.5. The van der Waals surface area contributed by atoms with E-state index >= 15 is 0 Å². The molecule has 1 atom stereocenters. The van der Waals surface area contributed by atoms with Crippen LogP contribution in [0.3, 0.4) is 0 Å². The van der Waals surface area contributed by atoms with Crippen LogP contribution >= 0.6 is 15.9 Å². The predicted molar refractivity (Wildman–Crippen MR) is 57.6 cm³/mol. The minimum Gasteiger partial charge on any atom is -0.457 e. The number of likely N-dealkylation sites (N-methyl/N-ethyl adjacent to an activating group) is 1. The fourth-order valence-corrected chi connectivity index (χ4v) is 1.52. The molecule has 72 valence electrons. The molecule has 2 nitrogen and oxygen atoms in total. The van der Waals surface area contributed by atoms with Crippen molar-refractivity contribution in [1.82, 2.24) is 5.32 Å². The Labute approximate surface area is 87.1 Å². The van der Waals surface area contributed by atoms with Crippen molar-refractivity contribution in [3.8, 4) is 0 Å². The van der Waals surface area contributed by atoms with Crippen LogP contribution in [0.5, 0.6) is 0 Å². The van der Waals surface area contributed by atoms with Crippen LogP contribution in [-0.4, -0.2) is 7.05 Å². The summed E-state index contributed by atoms with van der Waals surface area (Å²) < 4.78 is 5.94. The molecule has 0 saturated carbocycles. The van der Waals surface area contributed by atoms with Gasteiger partial charge < -0.3 is 9.73 Å². The molecule has 1 aromatic heterocycles. The molecule has 1 heterocycles. The zero-order valence-corrected chi connectivity index (χ0v) is 9.68. The summed E-state index contributed by atoms with van der Waals surface area (Å²) >= 11 is 3.28. The fraction of sp³-hybridized carbons (Fsp3) is 0.400. The van der Waals surface area contributed by atoms with Crippen molar-refractivity contribution in [2.24, 2.45) is 0 Å². The average molecular weight is 244 g/mol. The quantitative estimate of drug-likeness (QED) is 0.825. The zero-order valence-electron chi connectivity index (χ0n) is 8.10. The molecule has 0 fully saturated rings. The van der Waals surface area contributed by atoms with Crippen LogP contribution in [0, 0.1) is 0 Å². The molecule has 1 N–H and O–H groups in total. The molecule has 0 spiro atoms. The maximum Gasteiger partial charge on any atom is 0.169 e. The summed E-state index contributed by atoms with van der Waals surface area (Å²) in [6.45, 7) is 4.17. The summed E-state index contributed by atoms with van der Waals surface area (Å²) in [4.78, 5) is 0. The molecule has 0 amide bonds. The molecule has 13 heavy (non-hydrogen) atoms. The van der Waals surface area contributed by atoms with Crippen LogP contribution in [0.4, 0.5) is 0 Å². The van der Waals surface area contributed by atoms with Crippen molar-refractivity contribution in [3.05, 3.63) is 34.2 Å². The summed E-state index contributed by atoms with van der Waals surface area (Å²) in [5.41, 5.74) is 2.42. The predicted octanol–water partition coefficient (Wildman–Crippen LogP) is 3.27. The highest BCUT2D eigenvalue weighted by Crippen LogP contribution is 2.21. The van der Waals surface area contributed by atoms with E-state index < -0.39 is 0 Å². The second-order valence-electron chi connectivity index (χ2n) is 3.19. The van der Waals surface area contributed by atoms with Gasteiger partial charge in [0.05, 0.1) is 12.3 Å². The van der Waals surface area contributed by atoms with Crippen molar-refractivity contribution in [1.29, 1.82) is 0 Å². The molecule has 3 heteroatoms. The van der Waals surface area contributed by atoms with Gasteiger partial charge in [0, 0.05) is 5.56 Å². The first-order valence-electron chi connectivity index (χ1n) is 4.19. The van der Waals surface area contributed by atoms with Gasteiger partial charge >= 0.3 is 0 Å². The minimum absolute atomic E-state index is 0.236. The van der Waals surface area contributed by atoms with Gasteiger partial charge in [-0.05, 0) is 42.9 Å². The number of furan rings is 1. The molecule has 1 unspecified atom stereocenters. The van der Waals surface area contributed by atoms with E-state index in [0.29, 0.717) is 0 Å². The monoisotopic (exact) mass is 243 g/mol. The Balaban J connectivity index is 2.84. The largest absolute Gasteiger partial charge is 0.457 e. The van der Waals surface area contributed by atoms with E-state index in [4.69, 9.17) is 4.42 Å². The van der Waals surface area contributed by atoms with E-state index in [9.17, 15) is 0 Å². The van der Waals surface area contributed by atoms with Gasteiger partial charge in [-0.25, -0.2) is 0 Å². The Morgan fingerprint density at radius 1 is 1.62 bits per heavy atom.